The smallest absolute Gasteiger partial charge is 0.271 e. The van der Waals surface area contributed by atoms with E-state index in [9.17, 15) is 4.79 Å². The van der Waals surface area contributed by atoms with Crippen LogP contribution in [0.2, 0.25) is 0 Å². The fraction of sp³-hybridized carbons (Fsp3) is 0.412. The first-order valence-corrected chi connectivity index (χ1v) is 10.0. The number of aryl methyl sites for hydroxylation is 2. The van der Waals surface area contributed by atoms with Gasteiger partial charge in [-0.15, -0.1) is 22.7 Å². The number of hydrogen-bond donors (Lipinski definition) is 1. The molecular formula is C17H19N5OS2. The van der Waals surface area contributed by atoms with Crippen molar-refractivity contribution in [2.75, 3.05) is 0 Å². The molecule has 0 radical (unpaired) electrons. The van der Waals surface area contributed by atoms with E-state index in [1.807, 2.05) is 30.9 Å². The molecule has 1 saturated carbocycles. The van der Waals surface area contributed by atoms with Gasteiger partial charge in [0.15, 0.2) is 0 Å². The van der Waals surface area contributed by atoms with Gasteiger partial charge in [-0.2, -0.15) is 5.10 Å². The van der Waals surface area contributed by atoms with Gasteiger partial charge in [-0.3, -0.25) is 9.48 Å². The summed E-state index contributed by atoms with van der Waals surface area (Å²) in [6.07, 6.45) is 7.75. The lowest BCUT2D eigenvalue weighted by atomic mass is 9.98. The predicted molar refractivity (Wildman–Crippen MR) is 98.8 cm³/mol. The molecule has 1 aliphatic rings. The minimum absolute atomic E-state index is 0.124. The van der Waals surface area contributed by atoms with Crippen LogP contribution in [-0.4, -0.2) is 25.7 Å². The lowest BCUT2D eigenvalue weighted by molar-refractivity contribution is 0.0893. The zero-order valence-electron chi connectivity index (χ0n) is 14.2. The highest BCUT2D eigenvalue weighted by molar-refractivity contribution is 7.13. The Kier molecular flexibility index (Phi) is 4.16. The van der Waals surface area contributed by atoms with Gasteiger partial charge in [0.25, 0.3) is 5.91 Å². The highest BCUT2D eigenvalue weighted by atomic mass is 32.1. The van der Waals surface area contributed by atoms with Crippen molar-refractivity contribution in [3.05, 3.63) is 39.5 Å². The summed E-state index contributed by atoms with van der Waals surface area (Å²) in [4.78, 5) is 22.0. The van der Waals surface area contributed by atoms with E-state index in [-0.39, 0.29) is 11.4 Å². The third-order valence-electron chi connectivity index (χ3n) is 4.53. The van der Waals surface area contributed by atoms with Crippen LogP contribution < -0.4 is 5.32 Å². The van der Waals surface area contributed by atoms with Crippen LogP contribution in [0.15, 0.2) is 23.2 Å². The van der Waals surface area contributed by atoms with Crippen molar-refractivity contribution in [3.8, 4) is 10.6 Å². The van der Waals surface area contributed by atoms with Crippen LogP contribution >= 0.6 is 22.7 Å². The van der Waals surface area contributed by atoms with E-state index in [0.29, 0.717) is 5.69 Å². The molecule has 6 nitrogen and oxygen atoms in total. The maximum Gasteiger partial charge on any atom is 0.271 e. The minimum Gasteiger partial charge on any atom is -0.339 e. The zero-order valence-corrected chi connectivity index (χ0v) is 15.8. The number of carbonyl (C=O) groups excluding carboxylic acids is 1. The summed E-state index contributed by atoms with van der Waals surface area (Å²) in [5.74, 6) is -0.124. The SMILES string of the molecule is Cc1csc(C2(NC(=O)c3csc(-c4cnn(C)c4)n3)CCCC2)n1. The number of amides is 1. The first-order chi connectivity index (χ1) is 12.1. The zero-order chi connectivity index (χ0) is 17.4. The number of hydrogen-bond acceptors (Lipinski definition) is 6. The van der Waals surface area contributed by atoms with Crippen molar-refractivity contribution in [2.45, 2.75) is 38.1 Å². The van der Waals surface area contributed by atoms with Gasteiger partial charge in [0.2, 0.25) is 0 Å². The Morgan fingerprint density at radius 3 is 2.68 bits per heavy atom. The van der Waals surface area contributed by atoms with Gasteiger partial charge in [-0.1, -0.05) is 12.8 Å². The average molecular weight is 374 g/mol. The van der Waals surface area contributed by atoms with Crippen LogP contribution in [0.1, 0.15) is 46.9 Å². The van der Waals surface area contributed by atoms with Crippen LogP contribution in [0, 0.1) is 6.92 Å². The Balaban J connectivity index is 1.57. The lowest BCUT2D eigenvalue weighted by Crippen LogP contribution is -2.43. The molecule has 0 bridgehead atoms. The quantitative estimate of drug-likeness (QED) is 0.760. The topological polar surface area (TPSA) is 72.7 Å². The second-order valence-electron chi connectivity index (χ2n) is 6.48. The van der Waals surface area contributed by atoms with E-state index in [2.05, 4.69) is 20.4 Å². The van der Waals surface area contributed by atoms with Gasteiger partial charge >= 0.3 is 0 Å². The predicted octanol–water partition coefficient (Wildman–Crippen LogP) is 3.51. The summed E-state index contributed by atoms with van der Waals surface area (Å²) in [7, 11) is 1.87. The van der Waals surface area contributed by atoms with Crippen molar-refractivity contribution in [1.29, 1.82) is 0 Å². The molecule has 130 valence electrons. The maximum atomic E-state index is 12.8. The third kappa shape index (κ3) is 3.11. The van der Waals surface area contributed by atoms with Crippen LogP contribution in [0.4, 0.5) is 0 Å². The summed E-state index contributed by atoms with van der Waals surface area (Å²) in [6.45, 7) is 1.99. The molecule has 1 amide bonds. The molecule has 4 rings (SSSR count). The van der Waals surface area contributed by atoms with Crippen LogP contribution in [0.5, 0.6) is 0 Å². The Morgan fingerprint density at radius 2 is 2.04 bits per heavy atom. The molecule has 3 aromatic heterocycles. The number of rotatable bonds is 4. The fourth-order valence-corrected chi connectivity index (χ4v) is 5.06. The Labute approximate surface area is 153 Å². The molecule has 0 saturated heterocycles. The van der Waals surface area contributed by atoms with Crippen LogP contribution in [0.25, 0.3) is 10.6 Å². The molecule has 0 aromatic carbocycles. The number of nitrogens with zero attached hydrogens (tertiary/aromatic N) is 4. The van der Waals surface area contributed by atoms with Gasteiger partial charge in [0.05, 0.1) is 11.7 Å². The van der Waals surface area contributed by atoms with E-state index in [4.69, 9.17) is 0 Å². The highest BCUT2D eigenvalue weighted by Gasteiger charge is 2.40. The van der Waals surface area contributed by atoms with Gasteiger partial charge in [-0.05, 0) is 19.8 Å². The van der Waals surface area contributed by atoms with E-state index >= 15 is 0 Å². The van der Waals surface area contributed by atoms with Gasteiger partial charge in [0.1, 0.15) is 15.7 Å². The summed E-state index contributed by atoms with van der Waals surface area (Å²) in [5, 5.41) is 13.1. The Hall–Kier alpha value is -2.06. The van der Waals surface area contributed by atoms with Crippen LogP contribution in [0.3, 0.4) is 0 Å². The fourth-order valence-electron chi connectivity index (χ4n) is 3.27. The highest BCUT2D eigenvalue weighted by Crippen LogP contribution is 2.40. The maximum absolute atomic E-state index is 12.8. The van der Waals surface area contributed by atoms with Crippen molar-refractivity contribution in [3.63, 3.8) is 0 Å². The van der Waals surface area contributed by atoms with Crippen molar-refractivity contribution >= 4 is 28.6 Å². The van der Waals surface area contributed by atoms with E-state index in [1.165, 1.54) is 11.3 Å². The normalized spacial score (nSPS) is 16.2. The Bertz CT molecular complexity index is 904. The third-order valence-corrected chi connectivity index (χ3v) is 6.58. The lowest BCUT2D eigenvalue weighted by Gasteiger charge is -2.27. The molecule has 25 heavy (non-hydrogen) atoms. The van der Waals surface area contributed by atoms with E-state index in [0.717, 1.165) is 47.0 Å². The average Bonchev–Trinajstić information content (AvgIpc) is 3.33. The molecule has 1 N–H and O–H groups in total. The standard InChI is InChI=1S/C17H19N5OS2/c1-11-9-25-16(19-11)17(5-3-4-6-17)21-14(23)13-10-24-15(20-13)12-7-18-22(2)8-12/h7-10H,3-6H2,1-2H3,(H,21,23). The molecule has 3 aromatic rings. The first kappa shape index (κ1) is 16.4. The number of carbonyl (C=O) groups is 1. The molecular weight excluding hydrogens is 354 g/mol. The van der Waals surface area contributed by atoms with Crippen molar-refractivity contribution < 1.29 is 4.79 Å². The summed E-state index contributed by atoms with van der Waals surface area (Å²) in [6, 6.07) is 0. The van der Waals surface area contributed by atoms with Gasteiger partial charge in [0, 0.05) is 35.3 Å². The molecule has 1 aliphatic carbocycles. The number of aromatic nitrogens is 4. The largest absolute Gasteiger partial charge is 0.339 e. The molecule has 8 heteroatoms. The van der Waals surface area contributed by atoms with E-state index in [1.54, 1.807) is 22.2 Å². The number of thiazole rings is 2. The molecule has 0 atom stereocenters. The molecule has 0 spiro atoms. The summed E-state index contributed by atoms with van der Waals surface area (Å²) < 4.78 is 1.73. The number of nitrogens with one attached hydrogen (secondary N) is 1. The minimum atomic E-state index is -0.339. The first-order valence-electron chi connectivity index (χ1n) is 8.25. The summed E-state index contributed by atoms with van der Waals surface area (Å²) in [5.41, 5.74) is 2.06. The molecule has 1 fully saturated rings. The second kappa shape index (κ2) is 6.34. The van der Waals surface area contributed by atoms with Crippen molar-refractivity contribution in [2.24, 2.45) is 7.05 Å². The summed E-state index contributed by atoms with van der Waals surface area (Å²) >= 11 is 3.10. The van der Waals surface area contributed by atoms with Crippen LogP contribution in [-0.2, 0) is 12.6 Å². The van der Waals surface area contributed by atoms with Gasteiger partial charge in [-0.25, -0.2) is 9.97 Å². The monoisotopic (exact) mass is 373 g/mol. The molecule has 0 aliphatic heterocycles. The molecule has 0 unspecified atom stereocenters. The van der Waals surface area contributed by atoms with Crippen molar-refractivity contribution in [1.82, 2.24) is 25.1 Å². The van der Waals surface area contributed by atoms with E-state index < -0.39 is 0 Å². The Morgan fingerprint density at radius 1 is 1.24 bits per heavy atom. The molecule has 3 heterocycles. The second-order valence-corrected chi connectivity index (χ2v) is 8.19. The van der Waals surface area contributed by atoms with Gasteiger partial charge < -0.3 is 5.32 Å².